The SMILES string of the molecule is CCCCCc1cc(O)c(-c2cc(C)ccc2C(C)C)c(O)c1I. The van der Waals surface area contributed by atoms with Gasteiger partial charge in [-0.2, -0.15) is 0 Å². The van der Waals surface area contributed by atoms with Crippen molar-refractivity contribution in [3.05, 3.63) is 44.5 Å². The van der Waals surface area contributed by atoms with E-state index in [1.165, 1.54) is 0 Å². The Labute approximate surface area is 159 Å². The number of hydrogen-bond acceptors (Lipinski definition) is 2. The van der Waals surface area contributed by atoms with Crippen LogP contribution in [0.25, 0.3) is 11.1 Å². The zero-order valence-electron chi connectivity index (χ0n) is 15.0. The third kappa shape index (κ3) is 4.05. The largest absolute Gasteiger partial charge is 0.507 e. The van der Waals surface area contributed by atoms with E-state index in [-0.39, 0.29) is 11.5 Å². The minimum absolute atomic E-state index is 0.173. The first kappa shape index (κ1) is 19.1. The molecule has 24 heavy (non-hydrogen) atoms. The smallest absolute Gasteiger partial charge is 0.140 e. The topological polar surface area (TPSA) is 40.5 Å². The molecule has 2 aromatic rings. The van der Waals surface area contributed by atoms with E-state index in [1.807, 2.05) is 13.0 Å². The first-order valence-corrected chi connectivity index (χ1v) is 9.78. The molecule has 0 aromatic heterocycles. The molecule has 0 amide bonds. The van der Waals surface area contributed by atoms with Crippen molar-refractivity contribution in [2.75, 3.05) is 0 Å². The van der Waals surface area contributed by atoms with Crippen molar-refractivity contribution in [2.45, 2.75) is 59.3 Å². The molecule has 0 aliphatic heterocycles. The molecule has 0 bridgehead atoms. The first-order valence-electron chi connectivity index (χ1n) is 8.71. The maximum absolute atomic E-state index is 10.8. The number of benzene rings is 2. The Bertz CT molecular complexity index is 720. The van der Waals surface area contributed by atoms with E-state index in [4.69, 9.17) is 0 Å². The van der Waals surface area contributed by atoms with Crippen LogP contribution in [0.4, 0.5) is 0 Å². The molecule has 0 aliphatic carbocycles. The number of halogens is 1. The summed E-state index contributed by atoms with van der Waals surface area (Å²) in [6.45, 7) is 8.47. The summed E-state index contributed by atoms with van der Waals surface area (Å²) in [6, 6.07) is 8.06. The second-order valence-corrected chi connectivity index (χ2v) is 7.87. The number of unbranched alkanes of at least 4 members (excludes halogenated alkanes) is 2. The average Bonchev–Trinajstić information content (AvgIpc) is 2.52. The van der Waals surface area contributed by atoms with Gasteiger partial charge >= 0.3 is 0 Å². The molecule has 0 heterocycles. The Morgan fingerprint density at radius 3 is 2.42 bits per heavy atom. The maximum Gasteiger partial charge on any atom is 0.140 e. The molecule has 2 rings (SSSR count). The third-order valence-corrected chi connectivity index (χ3v) is 5.65. The average molecular weight is 438 g/mol. The molecule has 0 unspecified atom stereocenters. The van der Waals surface area contributed by atoms with Crippen LogP contribution < -0.4 is 0 Å². The molecule has 2 nitrogen and oxygen atoms in total. The van der Waals surface area contributed by atoms with Gasteiger partial charge in [0.05, 0.1) is 9.13 Å². The van der Waals surface area contributed by atoms with Gasteiger partial charge in [-0.3, -0.25) is 0 Å². The minimum atomic E-state index is 0.173. The summed E-state index contributed by atoms with van der Waals surface area (Å²) in [4.78, 5) is 0. The molecule has 2 aromatic carbocycles. The van der Waals surface area contributed by atoms with Gasteiger partial charge < -0.3 is 10.2 Å². The molecule has 0 spiro atoms. The van der Waals surface area contributed by atoms with Crippen LogP contribution in [-0.2, 0) is 6.42 Å². The second-order valence-electron chi connectivity index (χ2n) is 6.79. The minimum Gasteiger partial charge on any atom is -0.507 e. The Hall–Kier alpha value is -1.23. The van der Waals surface area contributed by atoms with Crippen LogP contribution in [0.2, 0.25) is 0 Å². The number of aryl methyl sites for hydroxylation is 2. The van der Waals surface area contributed by atoms with E-state index in [2.05, 4.69) is 61.6 Å². The number of hydrogen-bond donors (Lipinski definition) is 2. The lowest BCUT2D eigenvalue weighted by Gasteiger charge is -2.18. The Kier molecular flexibility index (Phi) is 6.55. The van der Waals surface area contributed by atoms with Crippen molar-refractivity contribution in [1.29, 1.82) is 0 Å². The fourth-order valence-electron chi connectivity index (χ4n) is 3.09. The lowest BCUT2D eigenvalue weighted by molar-refractivity contribution is 0.449. The van der Waals surface area contributed by atoms with Crippen LogP contribution in [0.5, 0.6) is 11.5 Å². The van der Waals surface area contributed by atoms with Gasteiger partial charge in [0.25, 0.3) is 0 Å². The predicted octanol–water partition coefficient (Wildman–Crippen LogP) is 6.53. The quantitative estimate of drug-likeness (QED) is 0.398. The lowest BCUT2D eigenvalue weighted by atomic mass is 9.89. The highest BCUT2D eigenvalue weighted by atomic mass is 127. The van der Waals surface area contributed by atoms with Gasteiger partial charge in [-0.05, 0) is 71.0 Å². The Balaban J connectivity index is 2.56. The van der Waals surface area contributed by atoms with E-state index < -0.39 is 0 Å². The molecule has 0 saturated carbocycles. The number of phenolic OH excluding ortho intramolecular Hbond substituents is 2. The maximum atomic E-state index is 10.8. The van der Waals surface area contributed by atoms with Gasteiger partial charge in [0.2, 0.25) is 0 Å². The van der Waals surface area contributed by atoms with Crippen LogP contribution in [0, 0.1) is 10.5 Å². The van der Waals surface area contributed by atoms with Crippen LogP contribution in [-0.4, -0.2) is 10.2 Å². The van der Waals surface area contributed by atoms with E-state index in [0.717, 1.165) is 51.5 Å². The molecule has 0 aliphatic rings. The number of rotatable bonds is 6. The van der Waals surface area contributed by atoms with Crippen molar-refractivity contribution in [2.24, 2.45) is 0 Å². The third-order valence-electron chi connectivity index (χ3n) is 4.44. The van der Waals surface area contributed by atoms with E-state index >= 15 is 0 Å². The standard InChI is InChI=1S/C21H27IO2/c1-5-6-7-8-15-12-18(23)19(21(24)20(15)22)17-11-14(4)9-10-16(17)13(2)3/h9-13,23-24H,5-8H2,1-4H3. The van der Waals surface area contributed by atoms with Crippen LogP contribution >= 0.6 is 22.6 Å². The highest BCUT2D eigenvalue weighted by molar-refractivity contribution is 14.1. The van der Waals surface area contributed by atoms with Crippen LogP contribution in [0.3, 0.4) is 0 Å². The van der Waals surface area contributed by atoms with Crippen molar-refractivity contribution >= 4 is 22.6 Å². The molecule has 130 valence electrons. The monoisotopic (exact) mass is 438 g/mol. The molecular formula is C21H27IO2. The summed E-state index contributed by atoms with van der Waals surface area (Å²) >= 11 is 2.20. The normalized spacial score (nSPS) is 11.2. The number of phenols is 2. The van der Waals surface area contributed by atoms with Gasteiger partial charge in [0, 0.05) is 0 Å². The van der Waals surface area contributed by atoms with Gasteiger partial charge in [-0.15, -0.1) is 0 Å². The van der Waals surface area contributed by atoms with Gasteiger partial charge in [0.15, 0.2) is 0 Å². The summed E-state index contributed by atoms with van der Waals surface area (Å²) in [5.74, 6) is 0.697. The Morgan fingerprint density at radius 1 is 1.08 bits per heavy atom. The molecule has 0 radical (unpaired) electrons. The molecule has 3 heteroatoms. The highest BCUT2D eigenvalue weighted by Crippen LogP contribution is 2.45. The van der Waals surface area contributed by atoms with Crippen molar-refractivity contribution in [1.82, 2.24) is 0 Å². The zero-order chi connectivity index (χ0) is 17.9. The molecule has 0 fully saturated rings. The second kappa shape index (κ2) is 8.24. The molecular weight excluding hydrogens is 411 g/mol. The van der Waals surface area contributed by atoms with Gasteiger partial charge in [0.1, 0.15) is 11.5 Å². The number of aromatic hydroxyl groups is 2. The summed E-state index contributed by atoms with van der Waals surface area (Å²) in [5, 5.41) is 21.4. The fourth-order valence-corrected chi connectivity index (χ4v) is 3.78. The van der Waals surface area contributed by atoms with Crippen molar-refractivity contribution < 1.29 is 10.2 Å². The van der Waals surface area contributed by atoms with E-state index in [9.17, 15) is 10.2 Å². The van der Waals surface area contributed by atoms with Crippen LogP contribution in [0.15, 0.2) is 24.3 Å². The zero-order valence-corrected chi connectivity index (χ0v) is 17.1. The molecule has 2 N–H and O–H groups in total. The van der Waals surface area contributed by atoms with Gasteiger partial charge in [-0.1, -0.05) is 57.4 Å². The van der Waals surface area contributed by atoms with E-state index in [1.54, 1.807) is 0 Å². The molecule has 0 atom stereocenters. The summed E-state index contributed by atoms with van der Waals surface area (Å²) < 4.78 is 0.854. The summed E-state index contributed by atoms with van der Waals surface area (Å²) in [7, 11) is 0. The first-order chi connectivity index (χ1) is 11.4. The lowest BCUT2D eigenvalue weighted by Crippen LogP contribution is -1.97. The van der Waals surface area contributed by atoms with Crippen LogP contribution in [0.1, 0.15) is 62.6 Å². The fraction of sp³-hybridized carbons (Fsp3) is 0.429. The van der Waals surface area contributed by atoms with E-state index in [0.29, 0.717) is 11.5 Å². The van der Waals surface area contributed by atoms with Gasteiger partial charge in [-0.25, -0.2) is 0 Å². The highest BCUT2D eigenvalue weighted by Gasteiger charge is 2.20. The predicted molar refractivity (Wildman–Crippen MR) is 110 cm³/mol. The summed E-state index contributed by atoms with van der Waals surface area (Å²) in [5.41, 5.74) is 4.78. The van der Waals surface area contributed by atoms with Crippen molar-refractivity contribution in [3.63, 3.8) is 0 Å². The summed E-state index contributed by atoms with van der Waals surface area (Å²) in [6.07, 6.45) is 4.28. The molecule has 0 saturated heterocycles. The Morgan fingerprint density at radius 2 is 1.79 bits per heavy atom. The van der Waals surface area contributed by atoms with Crippen molar-refractivity contribution in [3.8, 4) is 22.6 Å².